The highest BCUT2D eigenvalue weighted by atomic mass is 32.2. The SMILES string of the molecule is CCc1cnc(Nc2ccc(N3CCN(C)CC3)cc2)nc1Nc1cccc(S(=O)(=O)NC(C)C)c1. The Labute approximate surface area is 214 Å². The quantitative estimate of drug-likeness (QED) is 0.398. The molecule has 0 aliphatic carbocycles. The molecule has 1 saturated heterocycles. The highest BCUT2D eigenvalue weighted by molar-refractivity contribution is 7.89. The molecule has 10 heteroatoms. The molecule has 36 heavy (non-hydrogen) atoms. The van der Waals surface area contributed by atoms with E-state index < -0.39 is 10.0 Å². The van der Waals surface area contributed by atoms with Crippen molar-refractivity contribution in [3.05, 3.63) is 60.3 Å². The maximum absolute atomic E-state index is 12.6. The van der Waals surface area contributed by atoms with Gasteiger partial charge in [-0.05, 0) is 69.8 Å². The lowest BCUT2D eigenvalue weighted by Crippen LogP contribution is -2.44. The number of rotatable bonds is 9. The second kappa shape index (κ2) is 11.2. The van der Waals surface area contributed by atoms with Gasteiger partial charge in [-0.3, -0.25) is 0 Å². The summed E-state index contributed by atoms with van der Waals surface area (Å²) < 4.78 is 27.8. The lowest BCUT2D eigenvalue weighted by Gasteiger charge is -2.34. The predicted molar refractivity (Wildman–Crippen MR) is 146 cm³/mol. The average molecular weight is 510 g/mol. The third-order valence-electron chi connectivity index (χ3n) is 6.04. The van der Waals surface area contributed by atoms with Gasteiger partial charge in [-0.25, -0.2) is 18.1 Å². The minimum absolute atomic E-state index is 0.190. The van der Waals surface area contributed by atoms with Gasteiger partial charge in [0.15, 0.2) is 0 Å². The van der Waals surface area contributed by atoms with Crippen molar-refractivity contribution >= 4 is 38.9 Å². The average Bonchev–Trinajstić information content (AvgIpc) is 2.85. The maximum Gasteiger partial charge on any atom is 0.240 e. The molecular weight excluding hydrogens is 474 g/mol. The van der Waals surface area contributed by atoms with Crippen molar-refractivity contribution in [2.45, 2.75) is 38.1 Å². The molecule has 0 radical (unpaired) electrons. The van der Waals surface area contributed by atoms with E-state index >= 15 is 0 Å². The van der Waals surface area contributed by atoms with Gasteiger partial charge in [-0.1, -0.05) is 13.0 Å². The van der Waals surface area contributed by atoms with Crippen molar-refractivity contribution in [2.24, 2.45) is 0 Å². The molecule has 2 aromatic carbocycles. The van der Waals surface area contributed by atoms with Crippen LogP contribution in [0.3, 0.4) is 0 Å². The first-order valence-electron chi connectivity index (χ1n) is 12.3. The zero-order chi connectivity index (χ0) is 25.7. The summed E-state index contributed by atoms with van der Waals surface area (Å²) in [5, 5.41) is 6.56. The number of piperazine rings is 1. The molecule has 0 bridgehead atoms. The smallest absolute Gasteiger partial charge is 0.240 e. The Morgan fingerprint density at radius 2 is 1.69 bits per heavy atom. The number of nitrogens with one attached hydrogen (secondary N) is 3. The molecule has 1 fully saturated rings. The molecule has 0 saturated carbocycles. The van der Waals surface area contributed by atoms with Crippen LogP contribution >= 0.6 is 0 Å². The molecule has 1 aliphatic heterocycles. The molecule has 192 valence electrons. The summed E-state index contributed by atoms with van der Waals surface area (Å²) in [6.07, 6.45) is 2.52. The van der Waals surface area contributed by atoms with E-state index in [4.69, 9.17) is 0 Å². The zero-order valence-electron chi connectivity index (χ0n) is 21.3. The van der Waals surface area contributed by atoms with Crippen LogP contribution in [0.1, 0.15) is 26.3 Å². The Kier molecular flexibility index (Phi) is 8.07. The first-order valence-corrected chi connectivity index (χ1v) is 13.8. The first-order chi connectivity index (χ1) is 17.2. The fraction of sp³-hybridized carbons (Fsp3) is 0.385. The molecule has 3 aromatic rings. The second-order valence-corrected chi connectivity index (χ2v) is 11.0. The van der Waals surface area contributed by atoms with Gasteiger partial charge >= 0.3 is 0 Å². The molecule has 4 rings (SSSR count). The highest BCUT2D eigenvalue weighted by Crippen LogP contribution is 2.25. The fourth-order valence-corrected chi connectivity index (χ4v) is 5.34. The molecule has 0 atom stereocenters. The molecular formula is C26H35N7O2S. The van der Waals surface area contributed by atoms with Gasteiger partial charge in [0.2, 0.25) is 16.0 Å². The monoisotopic (exact) mass is 509 g/mol. The van der Waals surface area contributed by atoms with Gasteiger partial charge in [0, 0.05) is 61.0 Å². The Balaban J connectivity index is 1.49. The number of anilines is 5. The summed E-state index contributed by atoms with van der Waals surface area (Å²) in [5.41, 5.74) is 3.67. The number of sulfonamides is 1. The predicted octanol–water partition coefficient (Wildman–Crippen LogP) is 3.96. The molecule has 0 amide bonds. The van der Waals surface area contributed by atoms with E-state index in [-0.39, 0.29) is 10.9 Å². The number of hydrogen-bond acceptors (Lipinski definition) is 8. The van der Waals surface area contributed by atoms with E-state index in [2.05, 4.69) is 54.3 Å². The van der Waals surface area contributed by atoms with Crippen molar-refractivity contribution in [1.82, 2.24) is 19.6 Å². The van der Waals surface area contributed by atoms with E-state index in [1.165, 1.54) is 5.69 Å². The van der Waals surface area contributed by atoms with E-state index in [0.29, 0.717) is 17.5 Å². The first kappa shape index (κ1) is 25.9. The summed E-state index contributed by atoms with van der Waals surface area (Å²) in [7, 11) is -1.44. The third-order valence-corrected chi connectivity index (χ3v) is 7.69. The molecule has 0 unspecified atom stereocenters. The van der Waals surface area contributed by atoms with Crippen LogP contribution in [-0.4, -0.2) is 62.6 Å². The summed E-state index contributed by atoms with van der Waals surface area (Å²) in [4.78, 5) is 14.1. The summed E-state index contributed by atoms with van der Waals surface area (Å²) >= 11 is 0. The number of aromatic nitrogens is 2. The number of benzene rings is 2. The summed E-state index contributed by atoms with van der Waals surface area (Å²) in [6, 6.07) is 14.8. The van der Waals surface area contributed by atoms with Crippen molar-refractivity contribution in [2.75, 3.05) is 48.8 Å². The molecule has 0 spiro atoms. The van der Waals surface area contributed by atoms with Gasteiger partial charge < -0.3 is 20.4 Å². The lowest BCUT2D eigenvalue weighted by molar-refractivity contribution is 0.313. The minimum Gasteiger partial charge on any atom is -0.369 e. The van der Waals surface area contributed by atoms with Crippen LogP contribution in [0.5, 0.6) is 0 Å². The number of nitrogens with zero attached hydrogens (tertiary/aromatic N) is 4. The molecule has 1 aliphatic rings. The van der Waals surface area contributed by atoms with Crippen LogP contribution in [0.4, 0.5) is 28.8 Å². The second-order valence-electron chi connectivity index (χ2n) is 9.31. The van der Waals surface area contributed by atoms with Gasteiger partial charge in [-0.15, -0.1) is 0 Å². The fourth-order valence-electron chi connectivity index (χ4n) is 4.04. The largest absolute Gasteiger partial charge is 0.369 e. The molecule has 1 aromatic heterocycles. The highest BCUT2D eigenvalue weighted by Gasteiger charge is 2.17. The standard InChI is InChI=1S/C26H35N7O2S/c1-5-20-18-27-26(29-21-9-11-23(12-10-21)33-15-13-32(4)14-16-33)30-25(20)28-22-7-6-8-24(17-22)36(34,35)31-19(2)3/h6-12,17-19,31H,5,13-16H2,1-4H3,(H2,27,28,29,30). The maximum atomic E-state index is 12.6. The molecule has 3 N–H and O–H groups in total. The number of likely N-dealkylation sites (N-methyl/N-ethyl adjacent to an activating group) is 1. The van der Waals surface area contributed by atoms with Crippen LogP contribution in [0.2, 0.25) is 0 Å². The summed E-state index contributed by atoms with van der Waals surface area (Å²) in [5.74, 6) is 1.10. The third kappa shape index (κ3) is 6.51. The van der Waals surface area contributed by atoms with Crippen LogP contribution < -0.4 is 20.3 Å². The number of hydrogen-bond donors (Lipinski definition) is 3. The minimum atomic E-state index is -3.59. The van der Waals surface area contributed by atoms with Crippen molar-refractivity contribution in [3.8, 4) is 0 Å². The van der Waals surface area contributed by atoms with Gasteiger partial charge in [0.25, 0.3) is 0 Å². The molecule has 2 heterocycles. The van der Waals surface area contributed by atoms with E-state index in [9.17, 15) is 8.42 Å². The zero-order valence-corrected chi connectivity index (χ0v) is 22.1. The van der Waals surface area contributed by atoms with E-state index in [0.717, 1.165) is 43.9 Å². The van der Waals surface area contributed by atoms with Crippen LogP contribution in [-0.2, 0) is 16.4 Å². The normalized spacial score (nSPS) is 14.8. The topological polar surface area (TPSA) is 102 Å². The van der Waals surface area contributed by atoms with Crippen LogP contribution in [0.15, 0.2) is 59.6 Å². The molecule has 9 nitrogen and oxygen atoms in total. The van der Waals surface area contributed by atoms with Crippen molar-refractivity contribution in [1.29, 1.82) is 0 Å². The van der Waals surface area contributed by atoms with Gasteiger partial charge in [0.05, 0.1) is 4.90 Å². The van der Waals surface area contributed by atoms with Crippen molar-refractivity contribution < 1.29 is 8.42 Å². The lowest BCUT2D eigenvalue weighted by atomic mass is 10.2. The van der Waals surface area contributed by atoms with Crippen molar-refractivity contribution in [3.63, 3.8) is 0 Å². The van der Waals surface area contributed by atoms with Gasteiger partial charge in [-0.2, -0.15) is 4.98 Å². The Morgan fingerprint density at radius 3 is 2.36 bits per heavy atom. The van der Waals surface area contributed by atoms with Crippen LogP contribution in [0, 0.1) is 0 Å². The Hall–Kier alpha value is -3.21. The number of aryl methyl sites for hydroxylation is 1. The van der Waals surface area contributed by atoms with Crippen LogP contribution in [0.25, 0.3) is 0 Å². The summed E-state index contributed by atoms with van der Waals surface area (Å²) in [6.45, 7) is 9.80. The Morgan fingerprint density at radius 1 is 0.972 bits per heavy atom. The van der Waals surface area contributed by atoms with Gasteiger partial charge in [0.1, 0.15) is 5.82 Å². The Bertz CT molecular complexity index is 1270. The van der Waals surface area contributed by atoms with E-state index in [1.54, 1.807) is 38.2 Å². The van der Waals surface area contributed by atoms with E-state index in [1.807, 2.05) is 25.1 Å².